The Morgan fingerprint density at radius 2 is 1.80 bits per heavy atom. The van der Waals surface area contributed by atoms with Crippen molar-refractivity contribution in [2.24, 2.45) is 0 Å². The molecule has 30 heavy (non-hydrogen) atoms. The monoisotopic (exact) mass is 410 g/mol. The number of hydrogen-bond donors (Lipinski definition) is 2. The van der Waals surface area contributed by atoms with Crippen LogP contribution in [0.25, 0.3) is 11.0 Å². The van der Waals surface area contributed by atoms with Crippen LogP contribution in [0.5, 0.6) is 23.0 Å². The van der Waals surface area contributed by atoms with Crippen molar-refractivity contribution in [3.8, 4) is 23.0 Å². The Balaban J connectivity index is 1.73. The van der Waals surface area contributed by atoms with Crippen molar-refractivity contribution in [3.63, 3.8) is 0 Å². The molecule has 1 aliphatic heterocycles. The number of phenols is 1. The smallest absolute Gasteiger partial charge is 0.235 e. The summed E-state index contributed by atoms with van der Waals surface area (Å²) >= 11 is 0. The third-order valence-corrected chi connectivity index (χ3v) is 5.76. The fraction of sp³-hybridized carbons (Fsp3) is 0.375. The van der Waals surface area contributed by atoms with Crippen molar-refractivity contribution >= 4 is 11.0 Å². The maximum absolute atomic E-state index is 13.2. The molecule has 0 aliphatic carbocycles. The zero-order valence-electron chi connectivity index (χ0n) is 17.5. The molecule has 1 aliphatic rings. The molecule has 0 radical (unpaired) electrons. The minimum Gasteiger partial charge on any atom is -0.507 e. The number of quaternary nitrogens is 1. The van der Waals surface area contributed by atoms with Gasteiger partial charge in [0.15, 0.2) is 5.58 Å². The summed E-state index contributed by atoms with van der Waals surface area (Å²) in [6, 6.07) is 10.3. The van der Waals surface area contributed by atoms with Gasteiger partial charge in [-0.1, -0.05) is 6.07 Å². The van der Waals surface area contributed by atoms with E-state index in [2.05, 4.69) is 0 Å². The van der Waals surface area contributed by atoms with E-state index in [9.17, 15) is 9.90 Å². The van der Waals surface area contributed by atoms with E-state index >= 15 is 0 Å². The molecule has 0 amide bonds. The van der Waals surface area contributed by atoms with Gasteiger partial charge in [-0.05, 0) is 56.9 Å². The molecule has 158 valence electrons. The highest BCUT2D eigenvalue weighted by Gasteiger charge is 2.22. The Bertz CT molecular complexity index is 1100. The third-order valence-electron chi connectivity index (χ3n) is 5.76. The lowest BCUT2D eigenvalue weighted by molar-refractivity contribution is -0.913. The van der Waals surface area contributed by atoms with Gasteiger partial charge < -0.3 is 23.9 Å². The number of hydrogen-bond acceptors (Lipinski definition) is 5. The molecule has 0 unspecified atom stereocenters. The van der Waals surface area contributed by atoms with E-state index in [1.54, 1.807) is 44.4 Å². The molecule has 2 aromatic carbocycles. The molecule has 1 fully saturated rings. The minimum absolute atomic E-state index is 0.148. The van der Waals surface area contributed by atoms with E-state index in [1.165, 1.54) is 30.6 Å². The molecular formula is C24H28NO5+. The summed E-state index contributed by atoms with van der Waals surface area (Å²) in [5.74, 6) is 1.84. The first-order valence-corrected chi connectivity index (χ1v) is 10.5. The topological polar surface area (TPSA) is 73.3 Å². The predicted octanol–water partition coefficient (Wildman–Crippen LogP) is 3.57. The lowest BCUT2D eigenvalue weighted by atomic mass is 10.1. The second-order valence-corrected chi connectivity index (χ2v) is 7.88. The number of ether oxygens (including phenoxy) is 2. The molecule has 0 spiro atoms. The van der Waals surface area contributed by atoms with Crippen LogP contribution in [-0.4, -0.2) is 25.3 Å². The normalized spacial score (nSPS) is 15.1. The third kappa shape index (κ3) is 4.14. The zero-order chi connectivity index (χ0) is 21.1. The number of methoxy groups -OCH3 is 1. The Labute approximate surface area is 175 Å². The van der Waals surface area contributed by atoms with Crippen LogP contribution in [0.3, 0.4) is 0 Å². The first-order valence-electron chi connectivity index (χ1n) is 10.5. The summed E-state index contributed by atoms with van der Waals surface area (Å²) < 4.78 is 17.2. The zero-order valence-corrected chi connectivity index (χ0v) is 17.5. The van der Waals surface area contributed by atoms with Gasteiger partial charge in [0.05, 0.1) is 31.1 Å². The lowest BCUT2D eigenvalue weighted by Gasteiger charge is -2.18. The number of aryl methyl sites for hydroxylation is 1. The summed E-state index contributed by atoms with van der Waals surface area (Å²) in [5, 5.41) is 11.0. The lowest BCUT2D eigenvalue weighted by Crippen LogP contribution is -3.10. The molecule has 4 rings (SSSR count). The fourth-order valence-electron chi connectivity index (χ4n) is 4.12. The van der Waals surface area contributed by atoms with Crippen LogP contribution in [-0.2, 0) is 6.54 Å². The van der Waals surface area contributed by atoms with Gasteiger partial charge in [-0.2, -0.15) is 0 Å². The van der Waals surface area contributed by atoms with E-state index in [1.807, 2.05) is 6.07 Å². The van der Waals surface area contributed by atoms with Crippen LogP contribution >= 0.6 is 0 Å². The van der Waals surface area contributed by atoms with Crippen molar-refractivity contribution in [1.82, 2.24) is 0 Å². The molecule has 0 atom stereocenters. The van der Waals surface area contributed by atoms with E-state index in [0.29, 0.717) is 40.3 Å². The average Bonchev–Trinajstić information content (AvgIpc) is 3.02. The molecule has 1 saturated heterocycles. The maximum Gasteiger partial charge on any atom is 0.235 e. The SMILES string of the molecule is COc1cccc(Oc2c(C)oc3c(C[NH+]4CCCCCC4)c(O)ccc3c2=O)c1. The van der Waals surface area contributed by atoms with E-state index in [-0.39, 0.29) is 16.9 Å². The van der Waals surface area contributed by atoms with Gasteiger partial charge in [0, 0.05) is 6.07 Å². The highest BCUT2D eigenvalue weighted by atomic mass is 16.5. The first-order chi connectivity index (χ1) is 14.6. The number of rotatable bonds is 5. The van der Waals surface area contributed by atoms with Crippen LogP contribution in [0.1, 0.15) is 37.0 Å². The standard InChI is InChI=1S/C24H27NO5/c1-16-23(30-18-9-7-8-17(14-18)28-2)22(27)19-10-11-21(26)20(24(19)29-16)15-25-12-5-3-4-6-13-25/h7-11,14,26H,3-6,12-13,15H2,1-2H3/p+1. The number of aromatic hydroxyl groups is 1. The summed E-state index contributed by atoms with van der Waals surface area (Å²) in [7, 11) is 1.58. The minimum atomic E-state index is -0.247. The van der Waals surface area contributed by atoms with Crippen molar-refractivity contribution in [1.29, 1.82) is 0 Å². The Morgan fingerprint density at radius 3 is 2.53 bits per heavy atom. The summed E-state index contributed by atoms with van der Waals surface area (Å²) in [6.45, 7) is 4.48. The summed E-state index contributed by atoms with van der Waals surface area (Å²) in [5.41, 5.74) is 0.897. The number of fused-ring (bicyclic) bond motifs is 1. The van der Waals surface area contributed by atoms with Crippen molar-refractivity contribution in [2.45, 2.75) is 39.2 Å². The molecular weight excluding hydrogens is 382 g/mol. The highest BCUT2D eigenvalue weighted by Crippen LogP contribution is 2.31. The first kappa shape index (κ1) is 20.3. The molecule has 2 heterocycles. The molecule has 2 N–H and O–H groups in total. The second-order valence-electron chi connectivity index (χ2n) is 7.88. The van der Waals surface area contributed by atoms with Crippen LogP contribution in [0.15, 0.2) is 45.6 Å². The second kappa shape index (κ2) is 8.79. The van der Waals surface area contributed by atoms with Gasteiger partial charge in [-0.3, -0.25) is 4.79 Å². The molecule has 1 aromatic heterocycles. The van der Waals surface area contributed by atoms with Gasteiger partial charge in [0.25, 0.3) is 0 Å². The van der Waals surface area contributed by atoms with Gasteiger partial charge in [-0.25, -0.2) is 0 Å². The Kier molecular flexibility index (Phi) is 5.95. The van der Waals surface area contributed by atoms with E-state index in [4.69, 9.17) is 13.9 Å². The fourth-order valence-corrected chi connectivity index (χ4v) is 4.12. The van der Waals surface area contributed by atoms with Crippen LogP contribution < -0.4 is 19.8 Å². The summed E-state index contributed by atoms with van der Waals surface area (Å²) in [6.07, 6.45) is 4.87. The highest BCUT2D eigenvalue weighted by molar-refractivity contribution is 5.83. The average molecular weight is 410 g/mol. The van der Waals surface area contributed by atoms with Crippen molar-refractivity contribution in [2.75, 3.05) is 20.2 Å². The van der Waals surface area contributed by atoms with Crippen LogP contribution in [0.4, 0.5) is 0 Å². The van der Waals surface area contributed by atoms with Gasteiger partial charge in [0.2, 0.25) is 11.2 Å². The van der Waals surface area contributed by atoms with Crippen molar-refractivity contribution < 1.29 is 23.9 Å². The van der Waals surface area contributed by atoms with Crippen LogP contribution in [0.2, 0.25) is 0 Å². The van der Waals surface area contributed by atoms with Gasteiger partial charge in [-0.15, -0.1) is 0 Å². The van der Waals surface area contributed by atoms with Crippen LogP contribution in [0, 0.1) is 6.92 Å². The summed E-state index contributed by atoms with van der Waals surface area (Å²) in [4.78, 5) is 14.6. The number of benzene rings is 2. The predicted molar refractivity (Wildman–Crippen MR) is 115 cm³/mol. The quantitative estimate of drug-likeness (QED) is 0.673. The molecule has 6 nitrogen and oxygen atoms in total. The number of likely N-dealkylation sites (tertiary alicyclic amines) is 1. The number of phenolic OH excluding ortho intramolecular Hbond substituents is 1. The maximum atomic E-state index is 13.2. The Hall–Kier alpha value is -2.99. The molecule has 0 saturated carbocycles. The number of nitrogens with one attached hydrogen (secondary N) is 1. The van der Waals surface area contributed by atoms with Crippen molar-refractivity contribution in [3.05, 3.63) is 57.9 Å². The van der Waals surface area contributed by atoms with Gasteiger partial charge >= 0.3 is 0 Å². The van der Waals surface area contributed by atoms with E-state index in [0.717, 1.165) is 13.1 Å². The van der Waals surface area contributed by atoms with Gasteiger partial charge in [0.1, 0.15) is 29.6 Å². The van der Waals surface area contributed by atoms with E-state index < -0.39 is 0 Å². The molecule has 6 heteroatoms. The largest absolute Gasteiger partial charge is 0.507 e. The molecule has 0 bridgehead atoms. The Morgan fingerprint density at radius 1 is 1.07 bits per heavy atom. The molecule has 3 aromatic rings.